The predicted molar refractivity (Wildman–Crippen MR) is 84.3 cm³/mol. The van der Waals surface area contributed by atoms with Gasteiger partial charge in [-0.15, -0.1) is 11.8 Å². The highest BCUT2D eigenvalue weighted by Crippen LogP contribution is 2.34. The SMILES string of the molecule is CCCC1SCC(C(=O)O)N1C(=O)N1CCC(C(C)C)C1. The maximum Gasteiger partial charge on any atom is 0.327 e. The summed E-state index contributed by atoms with van der Waals surface area (Å²) in [6.45, 7) is 7.97. The quantitative estimate of drug-likeness (QED) is 0.867. The minimum Gasteiger partial charge on any atom is -0.480 e. The van der Waals surface area contributed by atoms with E-state index in [2.05, 4.69) is 20.8 Å². The summed E-state index contributed by atoms with van der Waals surface area (Å²) in [6, 6.07) is -0.744. The molecule has 0 radical (unpaired) electrons. The molecule has 2 saturated heterocycles. The molecule has 3 unspecified atom stereocenters. The molecule has 2 fully saturated rings. The lowest BCUT2D eigenvalue weighted by Gasteiger charge is -2.31. The molecule has 0 bridgehead atoms. The summed E-state index contributed by atoms with van der Waals surface area (Å²) in [5.74, 6) is 0.733. The van der Waals surface area contributed by atoms with E-state index < -0.39 is 12.0 Å². The molecule has 0 aliphatic carbocycles. The van der Waals surface area contributed by atoms with Crippen LogP contribution in [0.25, 0.3) is 0 Å². The van der Waals surface area contributed by atoms with Gasteiger partial charge in [-0.2, -0.15) is 0 Å². The summed E-state index contributed by atoms with van der Waals surface area (Å²) in [7, 11) is 0. The van der Waals surface area contributed by atoms with Gasteiger partial charge in [0.1, 0.15) is 6.04 Å². The third kappa shape index (κ3) is 3.47. The Bertz CT molecular complexity index is 402. The molecule has 0 aromatic heterocycles. The van der Waals surface area contributed by atoms with Crippen molar-refractivity contribution in [1.29, 1.82) is 0 Å². The van der Waals surface area contributed by atoms with E-state index in [9.17, 15) is 14.7 Å². The lowest BCUT2D eigenvalue weighted by molar-refractivity contribution is -0.141. The third-order valence-electron chi connectivity index (χ3n) is 4.57. The summed E-state index contributed by atoms with van der Waals surface area (Å²) in [4.78, 5) is 27.7. The van der Waals surface area contributed by atoms with E-state index in [4.69, 9.17) is 0 Å². The summed E-state index contributed by atoms with van der Waals surface area (Å²) >= 11 is 1.60. The van der Waals surface area contributed by atoms with E-state index in [1.807, 2.05) is 4.90 Å². The molecule has 0 aromatic rings. The van der Waals surface area contributed by atoms with Crippen LogP contribution in [0.15, 0.2) is 0 Å². The summed E-state index contributed by atoms with van der Waals surface area (Å²) < 4.78 is 0. The van der Waals surface area contributed by atoms with Gasteiger partial charge in [-0.25, -0.2) is 9.59 Å². The van der Waals surface area contributed by atoms with E-state index in [0.29, 0.717) is 17.6 Å². The van der Waals surface area contributed by atoms with Crippen molar-refractivity contribution in [2.75, 3.05) is 18.8 Å². The van der Waals surface area contributed by atoms with Gasteiger partial charge in [-0.1, -0.05) is 27.2 Å². The number of carbonyl (C=O) groups is 2. The molecule has 1 N–H and O–H groups in total. The second kappa shape index (κ2) is 6.90. The highest BCUT2D eigenvalue weighted by Gasteiger charge is 2.44. The van der Waals surface area contributed by atoms with Gasteiger partial charge in [0.15, 0.2) is 0 Å². The zero-order chi connectivity index (χ0) is 15.6. The monoisotopic (exact) mass is 314 g/mol. The number of carboxylic acids is 1. The molecule has 2 amide bonds. The lowest BCUT2D eigenvalue weighted by Crippen LogP contribution is -2.51. The van der Waals surface area contributed by atoms with Crippen molar-refractivity contribution < 1.29 is 14.7 Å². The van der Waals surface area contributed by atoms with Gasteiger partial charge in [0.2, 0.25) is 0 Å². The molecule has 5 nitrogen and oxygen atoms in total. The first-order valence-electron chi connectivity index (χ1n) is 7.87. The first-order valence-corrected chi connectivity index (χ1v) is 8.92. The molecule has 2 aliphatic rings. The Labute approximate surface area is 131 Å². The van der Waals surface area contributed by atoms with E-state index in [0.717, 1.165) is 32.4 Å². The van der Waals surface area contributed by atoms with Gasteiger partial charge in [0.05, 0.1) is 5.37 Å². The van der Waals surface area contributed by atoms with Crippen LogP contribution in [-0.4, -0.2) is 57.2 Å². The van der Waals surface area contributed by atoms with Crippen molar-refractivity contribution in [3.05, 3.63) is 0 Å². The fourth-order valence-electron chi connectivity index (χ4n) is 3.15. The van der Waals surface area contributed by atoms with E-state index in [-0.39, 0.29) is 11.4 Å². The Hall–Kier alpha value is -0.910. The van der Waals surface area contributed by atoms with Crippen molar-refractivity contribution >= 4 is 23.8 Å². The van der Waals surface area contributed by atoms with Gasteiger partial charge in [-0.05, 0) is 24.7 Å². The van der Waals surface area contributed by atoms with Gasteiger partial charge in [0.25, 0.3) is 0 Å². The fraction of sp³-hybridized carbons (Fsp3) is 0.867. The second-order valence-electron chi connectivity index (χ2n) is 6.36. The first-order chi connectivity index (χ1) is 9.95. The Morgan fingerprint density at radius 2 is 2.10 bits per heavy atom. The van der Waals surface area contributed by atoms with Crippen LogP contribution in [0.5, 0.6) is 0 Å². The third-order valence-corrected chi connectivity index (χ3v) is 5.93. The number of nitrogens with zero attached hydrogens (tertiary/aromatic N) is 2. The van der Waals surface area contributed by atoms with Crippen molar-refractivity contribution in [1.82, 2.24) is 9.80 Å². The number of hydrogen-bond acceptors (Lipinski definition) is 3. The fourth-order valence-corrected chi connectivity index (χ4v) is 4.66. The van der Waals surface area contributed by atoms with Crippen LogP contribution in [-0.2, 0) is 4.79 Å². The molecule has 3 atom stereocenters. The summed E-state index contributed by atoms with van der Waals surface area (Å²) in [5, 5.41) is 9.39. The molecule has 120 valence electrons. The van der Waals surface area contributed by atoms with Crippen LogP contribution in [0.3, 0.4) is 0 Å². The molecular formula is C15H26N2O3S. The molecule has 0 aromatic carbocycles. The molecular weight excluding hydrogens is 288 g/mol. The van der Waals surface area contributed by atoms with Crippen LogP contribution in [0.4, 0.5) is 4.79 Å². The molecule has 0 spiro atoms. The number of aliphatic carboxylic acids is 1. The van der Waals surface area contributed by atoms with Crippen LogP contribution in [0.2, 0.25) is 0 Å². The van der Waals surface area contributed by atoms with Gasteiger partial charge in [-0.3, -0.25) is 4.90 Å². The van der Waals surface area contributed by atoms with Gasteiger partial charge >= 0.3 is 12.0 Å². The van der Waals surface area contributed by atoms with Crippen molar-refractivity contribution in [2.24, 2.45) is 11.8 Å². The maximum absolute atomic E-state index is 12.8. The van der Waals surface area contributed by atoms with E-state index >= 15 is 0 Å². The number of amides is 2. The smallest absolute Gasteiger partial charge is 0.327 e. The Morgan fingerprint density at radius 3 is 2.62 bits per heavy atom. The van der Waals surface area contributed by atoms with Crippen LogP contribution >= 0.6 is 11.8 Å². The average molecular weight is 314 g/mol. The largest absolute Gasteiger partial charge is 0.480 e. The molecule has 6 heteroatoms. The number of likely N-dealkylation sites (tertiary alicyclic amines) is 1. The highest BCUT2D eigenvalue weighted by atomic mass is 32.2. The average Bonchev–Trinajstić information content (AvgIpc) is 3.05. The zero-order valence-electron chi connectivity index (χ0n) is 13.1. The Morgan fingerprint density at radius 1 is 1.38 bits per heavy atom. The zero-order valence-corrected chi connectivity index (χ0v) is 13.9. The second-order valence-corrected chi connectivity index (χ2v) is 7.57. The number of rotatable bonds is 4. The number of thioether (sulfide) groups is 1. The van der Waals surface area contributed by atoms with E-state index in [1.165, 1.54) is 0 Å². The summed E-state index contributed by atoms with van der Waals surface area (Å²) in [6.07, 6.45) is 2.85. The van der Waals surface area contributed by atoms with Crippen molar-refractivity contribution in [3.63, 3.8) is 0 Å². The molecule has 0 saturated carbocycles. The Kier molecular flexibility index (Phi) is 5.41. The summed E-state index contributed by atoms with van der Waals surface area (Å²) in [5.41, 5.74) is 0. The van der Waals surface area contributed by atoms with Crippen molar-refractivity contribution in [2.45, 2.75) is 51.4 Å². The number of hydrogen-bond donors (Lipinski definition) is 1. The van der Waals surface area contributed by atoms with Gasteiger partial charge in [0, 0.05) is 18.8 Å². The highest BCUT2D eigenvalue weighted by molar-refractivity contribution is 8.00. The van der Waals surface area contributed by atoms with Crippen LogP contribution in [0.1, 0.15) is 40.0 Å². The number of carbonyl (C=O) groups excluding carboxylic acids is 1. The molecule has 2 rings (SSSR count). The normalized spacial score (nSPS) is 29.4. The van der Waals surface area contributed by atoms with Crippen LogP contribution < -0.4 is 0 Å². The van der Waals surface area contributed by atoms with E-state index in [1.54, 1.807) is 16.7 Å². The molecule has 21 heavy (non-hydrogen) atoms. The minimum absolute atomic E-state index is 0.0155. The van der Waals surface area contributed by atoms with Crippen molar-refractivity contribution in [3.8, 4) is 0 Å². The maximum atomic E-state index is 12.8. The molecule has 2 aliphatic heterocycles. The number of urea groups is 1. The standard InChI is InChI=1S/C15H26N2O3S/c1-4-5-13-17(12(9-21-13)14(18)19)15(20)16-7-6-11(8-16)10(2)3/h10-13H,4-9H2,1-3H3,(H,18,19). The topological polar surface area (TPSA) is 60.9 Å². The lowest BCUT2D eigenvalue weighted by atomic mass is 9.95. The van der Waals surface area contributed by atoms with Gasteiger partial charge < -0.3 is 10.0 Å². The van der Waals surface area contributed by atoms with Crippen LogP contribution in [0, 0.1) is 11.8 Å². The number of carboxylic acid groups (broad SMARTS) is 1. The minimum atomic E-state index is -0.881. The first kappa shape index (κ1) is 16.5. The molecule has 2 heterocycles. The Balaban J connectivity index is 2.08. The predicted octanol–water partition coefficient (Wildman–Crippen LogP) is 2.71.